The molecule has 186 valence electrons. The summed E-state index contributed by atoms with van der Waals surface area (Å²) in [6.45, 7) is 13.1. The molecule has 8 heteroatoms. The van der Waals surface area contributed by atoms with Crippen LogP contribution in [0.5, 0.6) is 5.75 Å². The maximum Gasteiger partial charge on any atom is 0.408 e. The lowest BCUT2D eigenvalue weighted by Gasteiger charge is -2.36. The first-order chi connectivity index (χ1) is 15.4. The number of nitrogens with zero attached hydrogens (tertiary/aromatic N) is 1. The minimum Gasteiger partial charge on any atom is -0.508 e. The van der Waals surface area contributed by atoms with E-state index in [9.17, 15) is 19.5 Å². The summed E-state index contributed by atoms with van der Waals surface area (Å²) in [5.74, 6) is -0.564. The maximum absolute atomic E-state index is 13.3. The summed E-state index contributed by atoms with van der Waals surface area (Å²) in [4.78, 5) is 40.2. The third-order valence-corrected chi connectivity index (χ3v) is 5.28. The van der Waals surface area contributed by atoms with Gasteiger partial charge in [-0.25, -0.2) is 4.79 Å². The van der Waals surface area contributed by atoms with Crippen molar-refractivity contribution in [3.63, 3.8) is 0 Å². The number of carbonyl (C=O) groups is 3. The summed E-state index contributed by atoms with van der Waals surface area (Å²) in [6, 6.07) is 3.74. The van der Waals surface area contributed by atoms with Crippen LogP contribution >= 0.6 is 0 Å². The number of ether oxygens (including phenoxy) is 1. The lowest BCUT2D eigenvalue weighted by molar-refractivity contribution is -0.142. The van der Waals surface area contributed by atoms with Crippen LogP contribution in [0.25, 0.3) is 0 Å². The van der Waals surface area contributed by atoms with Gasteiger partial charge in [0.1, 0.15) is 23.9 Å². The van der Waals surface area contributed by atoms with Crippen LogP contribution in [0.3, 0.4) is 0 Å². The van der Waals surface area contributed by atoms with Crippen molar-refractivity contribution >= 4 is 17.9 Å². The van der Waals surface area contributed by atoms with Crippen molar-refractivity contribution < 1.29 is 24.2 Å². The third-order valence-electron chi connectivity index (χ3n) is 5.28. The number of phenolic OH excluding ortho intramolecular Hbond substituents is 1. The van der Waals surface area contributed by atoms with Crippen LogP contribution in [0, 0.1) is 6.92 Å². The first-order valence-electron chi connectivity index (χ1n) is 11.8. The minimum atomic E-state index is -0.895. The van der Waals surface area contributed by atoms with Gasteiger partial charge in [0.25, 0.3) is 0 Å². The summed E-state index contributed by atoms with van der Waals surface area (Å²) < 4.78 is 5.22. The fourth-order valence-corrected chi connectivity index (χ4v) is 3.36. The molecule has 0 bridgehead atoms. The molecule has 0 aliphatic heterocycles. The van der Waals surface area contributed by atoms with E-state index in [0.717, 1.165) is 19.3 Å². The lowest BCUT2D eigenvalue weighted by atomic mass is 9.99. The van der Waals surface area contributed by atoms with Crippen molar-refractivity contribution in [1.82, 2.24) is 15.5 Å². The molecular weight excluding hydrogens is 422 g/mol. The predicted molar refractivity (Wildman–Crippen MR) is 129 cm³/mol. The predicted octanol–water partition coefficient (Wildman–Crippen LogP) is 4.20. The number of rotatable bonds is 11. The highest BCUT2D eigenvalue weighted by molar-refractivity contribution is 5.90. The van der Waals surface area contributed by atoms with Crippen LogP contribution in [-0.4, -0.2) is 52.6 Å². The Balaban J connectivity index is 3.22. The summed E-state index contributed by atoms with van der Waals surface area (Å²) in [5.41, 5.74) is 0.525. The number of hydrogen-bond acceptors (Lipinski definition) is 5. The Morgan fingerprint density at radius 2 is 1.79 bits per heavy atom. The Morgan fingerprint density at radius 3 is 2.33 bits per heavy atom. The molecule has 0 spiro atoms. The second-order valence-electron chi connectivity index (χ2n) is 9.36. The van der Waals surface area contributed by atoms with Gasteiger partial charge in [0.2, 0.25) is 11.8 Å². The van der Waals surface area contributed by atoms with Crippen molar-refractivity contribution in [2.24, 2.45) is 0 Å². The number of benzene rings is 1. The minimum absolute atomic E-state index is 0.119. The second-order valence-corrected chi connectivity index (χ2v) is 9.36. The van der Waals surface area contributed by atoms with Crippen LogP contribution < -0.4 is 10.6 Å². The fourth-order valence-electron chi connectivity index (χ4n) is 3.36. The number of unbranched alkanes of at least 4 members (excludes halogenated alkanes) is 2. The smallest absolute Gasteiger partial charge is 0.408 e. The fraction of sp³-hybridized carbons (Fsp3) is 0.640. The van der Waals surface area contributed by atoms with Gasteiger partial charge >= 0.3 is 6.09 Å². The lowest BCUT2D eigenvalue weighted by Crippen LogP contribution is -2.51. The molecule has 0 aliphatic carbocycles. The van der Waals surface area contributed by atoms with E-state index < -0.39 is 23.6 Å². The molecule has 0 radical (unpaired) electrons. The van der Waals surface area contributed by atoms with E-state index in [1.807, 2.05) is 13.8 Å². The summed E-state index contributed by atoms with van der Waals surface area (Å²) >= 11 is 0. The van der Waals surface area contributed by atoms with Gasteiger partial charge in [0.15, 0.2) is 0 Å². The van der Waals surface area contributed by atoms with Gasteiger partial charge in [-0.3, -0.25) is 9.59 Å². The molecule has 1 aromatic rings. The van der Waals surface area contributed by atoms with Crippen molar-refractivity contribution in [1.29, 1.82) is 0 Å². The highest BCUT2D eigenvalue weighted by Gasteiger charge is 2.34. The zero-order valence-electron chi connectivity index (χ0n) is 21.2. The molecule has 1 aromatic carbocycles. The molecule has 1 rings (SSSR count). The van der Waals surface area contributed by atoms with Gasteiger partial charge in [0.05, 0.1) is 0 Å². The standard InChI is InChI=1S/C25H41N3O5/c1-8-10-11-14-26-23(31)22(19-12-13-20(29)17(3)15-19)28(18(4)9-2)21(30)16-27-24(32)33-25(5,6)7/h12-13,15,18,22,29H,8-11,14,16H2,1-7H3,(H,26,31)(H,27,32). The van der Waals surface area contributed by atoms with Gasteiger partial charge < -0.3 is 25.4 Å². The molecule has 0 fully saturated rings. The second kappa shape index (κ2) is 13.1. The highest BCUT2D eigenvalue weighted by atomic mass is 16.6. The Labute approximate surface area is 198 Å². The van der Waals surface area contributed by atoms with E-state index in [1.54, 1.807) is 39.8 Å². The highest BCUT2D eigenvalue weighted by Crippen LogP contribution is 2.28. The molecule has 0 saturated heterocycles. The number of alkyl carbamates (subject to hydrolysis) is 1. The van der Waals surface area contributed by atoms with Gasteiger partial charge in [-0.2, -0.15) is 0 Å². The number of nitrogens with one attached hydrogen (secondary N) is 2. The molecule has 3 amide bonds. The molecule has 3 N–H and O–H groups in total. The van der Waals surface area contributed by atoms with E-state index >= 15 is 0 Å². The van der Waals surface area contributed by atoms with Crippen molar-refractivity contribution in [2.45, 2.75) is 91.8 Å². The van der Waals surface area contributed by atoms with Crippen LogP contribution in [0.1, 0.15) is 84.4 Å². The molecule has 2 unspecified atom stereocenters. The molecule has 33 heavy (non-hydrogen) atoms. The van der Waals surface area contributed by atoms with E-state index in [0.29, 0.717) is 24.1 Å². The third kappa shape index (κ3) is 9.32. The normalized spacial score (nSPS) is 13.1. The first kappa shape index (κ1) is 28.3. The molecule has 0 aromatic heterocycles. The summed E-state index contributed by atoms with van der Waals surface area (Å²) in [6.07, 6.45) is 2.80. The van der Waals surface area contributed by atoms with Gasteiger partial charge in [0, 0.05) is 12.6 Å². The Kier molecular flexibility index (Phi) is 11.2. The number of phenols is 1. The molecule has 0 aliphatic rings. The average molecular weight is 464 g/mol. The number of aromatic hydroxyl groups is 1. The zero-order valence-corrected chi connectivity index (χ0v) is 21.2. The molecular formula is C25H41N3O5. The number of hydrogen-bond donors (Lipinski definition) is 3. The van der Waals surface area contributed by atoms with Crippen LogP contribution in [0.2, 0.25) is 0 Å². The van der Waals surface area contributed by atoms with Crippen molar-refractivity contribution in [3.8, 4) is 5.75 Å². The number of carbonyl (C=O) groups excluding carboxylic acids is 3. The van der Waals surface area contributed by atoms with Crippen LogP contribution in [0.15, 0.2) is 18.2 Å². The Morgan fingerprint density at radius 1 is 1.12 bits per heavy atom. The van der Waals surface area contributed by atoms with E-state index in [4.69, 9.17) is 4.74 Å². The van der Waals surface area contributed by atoms with Gasteiger partial charge in [-0.15, -0.1) is 0 Å². The van der Waals surface area contributed by atoms with Crippen molar-refractivity contribution in [3.05, 3.63) is 29.3 Å². The van der Waals surface area contributed by atoms with E-state index in [1.165, 1.54) is 11.0 Å². The Hall–Kier alpha value is -2.77. The van der Waals surface area contributed by atoms with Crippen LogP contribution in [-0.2, 0) is 14.3 Å². The summed E-state index contributed by atoms with van der Waals surface area (Å²) in [7, 11) is 0. The van der Waals surface area contributed by atoms with E-state index in [-0.39, 0.29) is 24.2 Å². The maximum atomic E-state index is 13.3. The summed E-state index contributed by atoms with van der Waals surface area (Å²) in [5, 5.41) is 15.4. The molecule has 8 nitrogen and oxygen atoms in total. The number of amides is 3. The van der Waals surface area contributed by atoms with Gasteiger partial charge in [-0.05, 0) is 70.7 Å². The molecule has 2 atom stereocenters. The van der Waals surface area contributed by atoms with Crippen molar-refractivity contribution in [2.75, 3.05) is 13.1 Å². The quantitative estimate of drug-likeness (QED) is 0.426. The van der Waals surface area contributed by atoms with E-state index in [2.05, 4.69) is 17.6 Å². The largest absolute Gasteiger partial charge is 0.508 e. The average Bonchev–Trinajstić information content (AvgIpc) is 2.73. The molecule has 0 saturated carbocycles. The Bertz CT molecular complexity index is 804. The van der Waals surface area contributed by atoms with Crippen LogP contribution in [0.4, 0.5) is 4.79 Å². The monoisotopic (exact) mass is 463 g/mol. The topological polar surface area (TPSA) is 108 Å². The molecule has 0 heterocycles. The first-order valence-corrected chi connectivity index (χ1v) is 11.8. The van der Waals surface area contributed by atoms with Gasteiger partial charge in [-0.1, -0.05) is 32.8 Å². The number of aryl methyl sites for hydroxylation is 1. The SMILES string of the molecule is CCCCCNC(=O)C(c1ccc(O)c(C)c1)N(C(=O)CNC(=O)OC(C)(C)C)C(C)CC. The zero-order chi connectivity index (χ0) is 25.2.